The molecule has 3 aromatic rings. The van der Waals surface area contributed by atoms with Gasteiger partial charge in [-0.1, -0.05) is 36.8 Å². The average molecular weight is 416 g/mol. The molecule has 1 aromatic heterocycles. The minimum Gasteiger partial charge on any atom is -0.487 e. The van der Waals surface area contributed by atoms with E-state index in [-0.39, 0.29) is 17.6 Å². The molecule has 1 N–H and O–H groups in total. The van der Waals surface area contributed by atoms with E-state index >= 15 is 0 Å². The maximum absolute atomic E-state index is 13.1. The molecule has 0 radical (unpaired) electrons. The van der Waals surface area contributed by atoms with Crippen LogP contribution in [0, 0.1) is 6.92 Å². The molecule has 2 aromatic carbocycles. The van der Waals surface area contributed by atoms with Gasteiger partial charge >= 0.3 is 0 Å². The van der Waals surface area contributed by atoms with Crippen LogP contribution in [0.2, 0.25) is 0 Å². The number of para-hydroxylation sites is 1. The van der Waals surface area contributed by atoms with Gasteiger partial charge in [-0.15, -0.1) is 0 Å². The van der Waals surface area contributed by atoms with E-state index in [9.17, 15) is 4.79 Å². The number of carbonyl (C=O) groups excluding carboxylic acids is 1. The fourth-order valence-electron chi connectivity index (χ4n) is 5.02. The van der Waals surface area contributed by atoms with Crippen molar-refractivity contribution in [1.29, 1.82) is 0 Å². The minimum atomic E-state index is -0.142. The largest absolute Gasteiger partial charge is 0.487 e. The zero-order chi connectivity index (χ0) is 21.3. The molecular weight excluding hydrogens is 386 g/mol. The number of fused-ring (bicyclic) bond motifs is 1. The molecule has 2 aliphatic rings. The van der Waals surface area contributed by atoms with E-state index < -0.39 is 0 Å². The summed E-state index contributed by atoms with van der Waals surface area (Å²) in [6, 6.07) is 16.0. The predicted octanol–water partition coefficient (Wildman–Crippen LogP) is 5.20. The van der Waals surface area contributed by atoms with Crippen molar-refractivity contribution in [2.75, 3.05) is 0 Å². The van der Waals surface area contributed by atoms with Crippen molar-refractivity contribution in [3.8, 4) is 5.75 Å². The number of hydrogen-bond acceptors (Lipinski definition) is 3. The molecule has 31 heavy (non-hydrogen) atoms. The van der Waals surface area contributed by atoms with E-state index in [0.29, 0.717) is 5.56 Å². The smallest absolute Gasteiger partial charge is 0.251 e. The molecule has 5 nitrogen and oxygen atoms in total. The Bertz CT molecular complexity index is 1060. The summed E-state index contributed by atoms with van der Waals surface area (Å²) in [5, 5.41) is 3.30. The Balaban J connectivity index is 1.32. The van der Waals surface area contributed by atoms with Crippen LogP contribution in [-0.2, 0) is 6.54 Å². The highest BCUT2D eigenvalue weighted by molar-refractivity contribution is 5.94. The molecular formula is C26H29N3O2. The predicted molar refractivity (Wildman–Crippen MR) is 120 cm³/mol. The summed E-state index contributed by atoms with van der Waals surface area (Å²) >= 11 is 0. The number of nitrogens with one attached hydrogen (secondary N) is 1. The van der Waals surface area contributed by atoms with Gasteiger partial charge in [-0.3, -0.25) is 4.79 Å². The van der Waals surface area contributed by atoms with Gasteiger partial charge in [-0.25, -0.2) is 4.98 Å². The fraction of sp³-hybridized carbons (Fsp3) is 0.385. The van der Waals surface area contributed by atoms with Crippen LogP contribution in [-0.4, -0.2) is 21.1 Å². The molecule has 1 unspecified atom stereocenters. The summed E-state index contributed by atoms with van der Waals surface area (Å²) in [6.07, 6.45) is 10.4. The van der Waals surface area contributed by atoms with Crippen molar-refractivity contribution < 1.29 is 9.53 Å². The second-order valence-electron chi connectivity index (χ2n) is 8.91. The molecule has 160 valence electrons. The molecule has 1 aliphatic heterocycles. The molecule has 5 heteroatoms. The normalized spacial score (nSPS) is 19.5. The third-order valence-electron chi connectivity index (χ3n) is 6.76. The Morgan fingerprint density at radius 3 is 2.65 bits per heavy atom. The summed E-state index contributed by atoms with van der Waals surface area (Å²) in [4.78, 5) is 17.4. The number of nitrogens with zero attached hydrogens (tertiary/aromatic N) is 2. The van der Waals surface area contributed by atoms with Crippen LogP contribution < -0.4 is 10.1 Å². The SMILES string of the molecule is Cc1nccn1Cc1ccc(C(=O)NC2CC3(CCCCC3)Oc3ccccc32)cc1. The first-order valence-corrected chi connectivity index (χ1v) is 11.3. The summed E-state index contributed by atoms with van der Waals surface area (Å²) in [6.45, 7) is 2.75. The maximum Gasteiger partial charge on any atom is 0.251 e. The van der Waals surface area contributed by atoms with Gasteiger partial charge in [-0.05, 0) is 56.4 Å². The molecule has 1 fully saturated rings. The van der Waals surface area contributed by atoms with Gasteiger partial charge in [0.25, 0.3) is 5.91 Å². The van der Waals surface area contributed by atoms with Crippen LogP contribution in [0.1, 0.15) is 71.9 Å². The number of aryl methyl sites for hydroxylation is 1. The van der Waals surface area contributed by atoms with Gasteiger partial charge in [0.05, 0.1) is 6.04 Å². The molecule has 1 saturated carbocycles. The van der Waals surface area contributed by atoms with Crippen molar-refractivity contribution in [2.24, 2.45) is 0 Å². The van der Waals surface area contributed by atoms with Gasteiger partial charge < -0.3 is 14.6 Å². The third kappa shape index (κ3) is 4.09. The summed E-state index contributed by atoms with van der Waals surface area (Å²) in [5.74, 6) is 1.88. The number of rotatable bonds is 4. The van der Waals surface area contributed by atoms with E-state index in [2.05, 4.69) is 20.9 Å². The van der Waals surface area contributed by atoms with E-state index in [1.807, 2.05) is 61.8 Å². The first-order valence-electron chi connectivity index (χ1n) is 11.3. The second-order valence-corrected chi connectivity index (χ2v) is 8.91. The molecule has 1 aliphatic carbocycles. The number of imidazole rings is 1. The van der Waals surface area contributed by atoms with E-state index in [0.717, 1.165) is 48.5 Å². The Morgan fingerprint density at radius 1 is 1.13 bits per heavy atom. The monoisotopic (exact) mass is 415 g/mol. The third-order valence-corrected chi connectivity index (χ3v) is 6.76. The number of benzene rings is 2. The number of carbonyl (C=O) groups is 1. The topological polar surface area (TPSA) is 56.2 Å². The van der Waals surface area contributed by atoms with Crippen LogP contribution in [0.4, 0.5) is 0 Å². The van der Waals surface area contributed by atoms with E-state index in [4.69, 9.17) is 4.74 Å². The lowest BCUT2D eigenvalue weighted by Gasteiger charge is -2.44. The number of aromatic nitrogens is 2. The van der Waals surface area contributed by atoms with Gasteiger partial charge in [0.1, 0.15) is 17.2 Å². The van der Waals surface area contributed by atoms with Crippen LogP contribution in [0.3, 0.4) is 0 Å². The Hall–Kier alpha value is -3.08. The lowest BCUT2D eigenvalue weighted by atomic mass is 9.77. The zero-order valence-electron chi connectivity index (χ0n) is 18.0. The quantitative estimate of drug-likeness (QED) is 0.637. The molecule has 0 saturated heterocycles. The molecule has 5 rings (SSSR count). The summed E-state index contributed by atoms with van der Waals surface area (Å²) in [7, 11) is 0. The number of ether oxygens (including phenoxy) is 1. The van der Waals surface area contributed by atoms with Gasteiger partial charge in [0.15, 0.2) is 0 Å². The van der Waals surface area contributed by atoms with Crippen molar-refractivity contribution in [3.63, 3.8) is 0 Å². The van der Waals surface area contributed by atoms with Crippen LogP contribution >= 0.6 is 0 Å². The minimum absolute atomic E-state index is 0.0242. The summed E-state index contributed by atoms with van der Waals surface area (Å²) < 4.78 is 8.59. The van der Waals surface area contributed by atoms with Crippen LogP contribution in [0.5, 0.6) is 5.75 Å². The van der Waals surface area contributed by atoms with E-state index in [1.54, 1.807) is 0 Å². The molecule has 1 atom stereocenters. The highest BCUT2D eigenvalue weighted by Crippen LogP contribution is 2.46. The first-order chi connectivity index (χ1) is 15.1. The standard InChI is InChI=1S/C26H29N3O2/c1-19-27-15-16-29(19)18-20-9-11-21(12-10-20)25(30)28-23-17-26(13-5-2-6-14-26)31-24-8-4-3-7-22(23)24/h3-4,7-12,15-16,23H,2,5-6,13-14,17-18H2,1H3,(H,28,30). The van der Waals surface area contributed by atoms with Crippen molar-refractivity contribution in [3.05, 3.63) is 83.4 Å². The van der Waals surface area contributed by atoms with Gasteiger partial charge in [-0.2, -0.15) is 0 Å². The zero-order valence-corrected chi connectivity index (χ0v) is 18.0. The first kappa shape index (κ1) is 19.9. The highest BCUT2D eigenvalue weighted by atomic mass is 16.5. The molecule has 2 heterocycles. The Morgan fingerprint density at radius 2 is 1.90 bits per heavy atom. The van der Waals surface area contributed by atoms with Crippen molar-refractivity contribution in [2.45, 2.75) is 63.6 Å². The van der Waals surface area contributed by atoms with Crippen molar-refractivity contribution >= 4 is 5.91 Å². The summed E-state index contributed by atoms with van der Waals surface area (Å²) in [5.41, 5.74) is 2.78. The molecule has 1 spiro atoms. The molecule has 0 bridgehead atoms. The Labute approximate surface area is 183 Å². The molecule has 1 amide bonds. The van der Waals surface area contributed by atoms with E-state index in [1.165, 1.54) is 19.3 Å². The lowest BCUT2D eigenvalue weighted by Crippen LogP contribution is -2.46. The maximum atomic E-state index is 13.1. The van der Waals surface area contributed by atoms with Crippen LogP contribution in [0.25, 0.3) is 0 Å². The van der Waals surface area contributed by atoms with Crippen LogP contribution in [0.15, 0.2) is 60.9 Å². The van der Waals surface area contributed by atoms with Crippen molar-refractivity contribution in [1.82, 2.24) is 14.9 Å². The van der Waals surface area contributed by atoms with Gasteiger partial charge in [0, 0.05) is 36.5 Å². The average Bonchev–Trinajstić information content (AvgIpc) is 3.19. The highest BCUT2D eigenvalue weighted by Gasteiger charge is 2.42. The fourth-order valence-corrected chi connectivity index (χ4v) is 5.02. The second kappa shape index (κ2) is 8.22. The Kier molecular flexibility index (Phi) is 5.26. The number of amides is 1. The lowest BCUT2D eigenvalue weighted by molar-refractivity contribution is -0.00209. The van der Waals surface area contributed by atoms with Gasteiger partial charge in [0.2, 0.25) is 0 Å². The number of hydrogen-bond donors (Lipinski definition) is 1.